The molecule has 4 rings (SSSR count). The Morgan fingerprint density at radius 3 is 2.75 bits per heavy atom. The molecule has 1 fully saturated rings. The zero-order valence-electron chi connectivity index (χ0n) is 18.4. The number of benzene rings is 1. The molecule has 1 aliphatic rings. The summed E-state index contributed by atoms with van der Waals surface area (Å²) < 4.78 is 23.3. The smallest absolute Gasteiger partial charge is 0.192 e. The number of halogens is 1. The van der Waals surface area contributed by atoms with Gasteiger partial charge in [0.25, 0.3) is 0 Å². The lowest BCUT2D eigenvalue weighted by Crippen LogP contribution is -2.17. The van der Waals surface area contributed by atoms with Gasteiger partial charge in [-0.05, 0) is 57.0 Å². The summed E-state index contributed by atoms with van der Waals surface area (Å²) in [4.78, 5) is 13.0. The van der Waals surface area contributed by atoms with Crippen molar-refractivity contribution in [3.8, 4) is 11.4 Å². The predicted octanol–water partition coefficient (Wildman–Crippen LogP) is 4.84. The Bertz CT molecular complexity index is 1110. The molecule has 0 bridgehead atoms. The molecule has 3 aromatic rings. The van der Waals surface area contributed by atoms with Gasteiger partial charge in [-0.25, -0.2) is 4.39 Å². The second-order valence-corrected chi connectivity index (χ2v) is 8.90. The first-order valence-electron chi connectivity index (χ1n) is 10.7. The van der Waals surface area contributed by atoms with E-state index in [0.717, 1.165) is 42.0 Å². The van der Waals surface area contributed by atoms with Crippen molar-refractivity contribution in [2.75, 3.05) is 12.4 Å². The third-order valence-electron chi connectivity index (χ3n) is 5.75. The number of ether oxygens (including phenoxy) is 1. The number of nitrogens with zero attached hydrogens (tertiary/aromatic N) is 4. The molecule has 0 saturated carbocycles. The number of rotatable bonds is 9. The molecule has 3 heterocycles. The first kappa shape index (κ1) is 22.5. The van der Waals surface area contributed by atoms with Gasteiger partial charge in [0.05, 0.1) is 18.4 Å². The molecule has 1 saturated heterocycles. The van der Waals surface area contributed by atoms with Gasteiger partial charge >= 0.3 is 0 Å². The van der Waals surface area contributed by atoms with Crippen molar-refractivity contribution in [2.45, 2.75) is 51.0 Å². The van der Waals surface area contributed by atoms with Gasteiger partial charge in [-0.15, -0.1) is 16.8 Å². The van der Waals surface area contributed by atoms with Gasteiger partial charge in [0.1, 0.15) is 5.82 Å². The highest BCUT2D eigenvalue weighted by Crippen LogP contribution is 2.28. The lowest BCUT2D eigenvalue weighted by atomic mass is 10.2. The minimum atomic E-state index is -0.298. The van der Waals surface area contributed by atoms with Crippen molar-refractivity contribution in [3.05, 3.63) is 65.8 Å². The maximum atomic E-state index is 13.4. The van der Waals surface area contributed by atoms with E-state index in [4.69, 9.17) is 4.74 Å². The lowest BCUT2D eigenvalue weighted by molar-refractivity contribution is 0.0953. The highest BCUT2D eigenvalue weighted by Gasteiger charge is 2.23. The van der Waals surface area contributed by atoms with E-state index in [1.54, 1.807) is 12.1 Å². The second kappa shape index (κ2) is 9.83. The van der Waals surface area contributed by atoms with Crippen LogP contribution in [0.15, 0.2) is 48.1 Å². The Balaban J connectivity index is 1.56. The van der Waals surface area contributed by atoms with E-state index in [2.05, 4.69) is 21.3 Å². The van der Waals surface area contributed by atoms with Crippen LogP contribution in [0.1, 0.15) is 34.6 Å². The van der Waals surface area contributed by atoms with Gasteiger partial charge in [0.15, 0.2) is 16.8 Å². The third-order valence-corrected chi connectivity index (χ3v) is 6.71. The zero-order valence-corrected chi connectivity index (χ0v) is 19.2. The molecular formula is C24H27FN4O2S. The summed E-state index contributed by atoms with van der Waals surface area (Å²) in [5.41, 5.74) is 3.49. The molecule has 2 aromatic heterocycles. The second-order valence-electron chi connectivity index (χ2n) is 7.95. The minimum absolute atomic E-state index is 0.0495. The minimum Gasteiger partial charge on any atom is -0.376 e. The normalized spacial score (nSPS) is 15.9. The Morgan fingerprint density at radius 1 is 1.28 bits per heavy atom. The average Bonchev–Trinajstić information content (AvgIpc) is 3.50. The molecule has 0 amide bonds. The molecule has 1 atom stereocenters. The van der Waals surface area contributed by atoms with Gasteiger partial charge in [-0.3, -0.25) is 9.36 Å². The van der Waals surface area contributed by atoms with Gasteiger partial charge in [-0.1, -0.05) is 17.8 Å². The van der Waals surface area contributed by atoms with Gasteiger partial charge in [0.2, 0.25) is 0 Å². The number of hydrogen-bond donors (Lipinski definition) is 0. The van der Waals surface area contributed by atoms with Crippen LogP contribution in [0.25, 0.3) is 11.4 Å². The van der Waals surface area contributed by atoms with Crippen LogP contribution in [0.5, 0.6) is 0 Å². The van der Waals surface area contributed by atoms with E-state index < -0.39 is 0 Å². The highest BCUT2D eigenvalue weighted by molar-refractivity contribution is 7.99. The number of thioether (sulfide) groups is 1. The molecule has 1 aliphatic heterocycles. The van der Waals surface area contributed by atoms with Crippen LogP contribution < -0.4 is 0 Å². The first-order valence-corrected chi connectivity index (χ1v) is 11.7. The quantitative estimate of drug-likeness (QED) is 0.263. The van der Waals surface area contributed by atoms with Gasteiger partial charge in [-0.2, -0.15) is 0 Å². The number of carbonyl (C=O) groups is 1. The lowest BCUT2D eigenvalue weighted by Gasteiger charge is -2.14. The van der Waals surface area contributed by atoms with Crippen LogP contribution in [0, 0.1) is 19.7 Å². The predicted molar refractivity (Wildman–Crippen MR) is 124 cm³/mol. The van der Waals surface area contributed by atoms with Crippen LogP contribution >= 0.6 is 11.8 Å². The van der Waals surface area contributed by atoms with E-state index in [0.29, 0.717) is 24.1 Å². The highest BCUT2D eigenvalue weighted by atomic mass is 32.2. The number of ketones is 1. The average molecular weight is 455 g/mol. The number of Topliss-reactive ketones (excluding diaryl/α,β-unsaturated/α-hetero) is 1. The van der Waals surface area contributed by atoms with Crippen LogP contribution in [0.2, 0.25) is 0 Å². The molecule has 0 aliphatic carbocycles. The Kier molecular flexibility index (Phi) is 6.91. The number of allylic oxidation sites excluding steroid dienone is 1. The Labute approximate surface area is 191 Å². The van der Waals surface area contributed by atoms with Crippen molar-refractivity contribution in [1.29, 1.82) is 0 Å². The summed E-state index contributed by atoms with van der Waals surface area (Å²) in [5, 5.41) is 9.37. The topological polar surface area (TPSA) is 61.9 Å². The molecule has 0 radical (unpaired) electrons. The molecular weight excluding hydrogens is 427 g/mol. The molecule has 1 aromatic carbocycles. The monoisotopic (exact) mass is 454 g/mol. The summed E-state index contributed by atoms with van der Waals surface area (Å²) in [6, 6.07) is 8.15. The van der Waals surface area contributed by atoms with Crippen molar-refractivity contribution in [3.63, 3.8) is 0 Å². The molecule has 6 nitrogen and oxygen atoms in total. The first-order chi connectivity index (χ1) is 15.5. The fraction of sp³-hybridized carbons (Fsp3) is 0.375. The number of aromatic nitrogens is 4. The SMILES string of the molecule is C=CCn1c(C)cc(C(=O)CSc2nnc(-c3ccc(F)cc3)n2CC2CCCO2)c1C. The number of hydrogen-bond acceptors (Lipinski definition) is 5. The van der Waals surface area contributed by atoms with E-state index >= 15 is 0 Å². The van der Waals surface area contributed by atoms with Crippen LogP contribution in [-0.2, 0) is 17.8 Å². The number of carbonyl (C=O) groups excluding carboxylic acids is 1. The summed E-state index contributed by atoms with van der Waals surface area (Å²) in [7, 11) is 0. The fourth-order valence-electron chi connectivity index (χ4n) is 4.07. The maximum Gasteiger partial charge on any atom is 0.192 e. The van der Waals surface area contributed by atoms with E-state index in [1.807, 2.05) is 30.6 Å². The molecule has 1 unspecified atom stereocenters. The zero-order chi connectivity index (χ0) is 22.7. The van der Waals surface area contributed by atoms with E-state index in [1.165, 1.54) is 23.9 Å². The third kappa shape index (κ3) is 4.71. The van der Waals surface area contributed by atoms with Crippen molar-refractivity contribution in [1.82, 2.24) is 19.3 Å². The summed E-state index contributed by atoms with van der Waals surface area (Å²) in [5.74, 6) is 0.659. The molecule has 0 N–H and O–H groups in total. The summed E-state index contributed by atoms with van der Waals surface area (Å²) >= 11 is 1.37. The fourth-order valence-corrected chi connectivity index (χ4v) is 4.90. The summed E-state index contributed by atoms with van der Waals surface area (Å²) in [6.07, 6.45) is 3.91. The Morgan fingerprint density at radius 2 is 2.06 bits per heavy atom. The van der Waals surface area contributed by atoms with E-state index in [-0.39, 0.29) is 23.5 Å². The number of aryl methyl sites for hydroxylation is 1. The van der Waals surface area contributed by atoms with Crippen LogP contribution in [0.3, 0.4) is 0 Å². The molecule has 32 heavy (non-hydrogen) atoms. The van der Waals surface area contributed by atoms with Crippen molar-refractivity contribution < 1.29 is 13.9 Å². The van der Waals surface area contributed by atoms with Crippen LogP contribution in [-0.4, -0.2) is 43.6 Å². The molecule has 0 spiro atoms. The van der Waals surface area contributed by atoms with Crippen LogP contribution in [0.4, 0.5) is 4.39 Å². The standard InChI is InChI=1S/C24H27FN4O2S/c1-4-11-28-16(2)13-21(17(28)3)22(30)15-32-24-27-26-23(18-7-9-19(25)10-8-18)29(24)14-20-6-5-12-31-20/h4,7-10,13,20H,1,5-6,11-12,14-15H2,2-3H3. The van der Waals surface area contributed by atoms with E-state index in [9.17, 15) is 9.18 Å². The van der Waals surface area contributed by atoms with Gasteiger partial charge < -0.3 is 9.30 Å². The van der Waals surface area contributed by atoms with Gasteiger partial charge in [0, 0.05) is 35.7 Å². The maximum absolute atomic E-state index is 13.4. The molecule has 168 valence electrons. The Hall–Kier alpha value is -2.71. The molecule has 8 heteroatoms. The largest absolute Gasteiger partial charge is 0.376 e. The summed E-state index contributed by atoms with van der Waals surface area (Å²) in [6.45, 7) is 9.77. The van der Waals surface area contributed by atoms with Crippen molar-refractivity contribution >= 4 is 17.5 Å². The van der Waals surface area contributed by atoms with Crippen molar-refractivity contribution in [2.24, 2.45) is 0 Å².